The highest BCUT2D eigenvalue weighted by atomic mass is 79.9. The molecule has 4 nitrogen and oxygen atoms in total. The number of hydrogen-bond acceptors (Lipinski definition) is 3. The van der Waals surface area contributed by atoms with E-state index in [1.807, 2.05) is 6.92 Å². The second-order valence-corrected chi connectivity index (χ2v) is 8.45. The molecule has 1 aliphatic heterocycles. The Hall–Kier alpha value is 0.0500. The summed E-state index contributed by atoms with van der Waals surface area (Å²) in [6, 6.07) is 5.08. The minimum Gasteiger partial charge on any atom is -0.393 e. The van der Waals surface area contributed by atoms with Crippen molar-refractivity contribution in [1.82, 2.24) is 4.31 Å². The van der Waals surface area contributed by atoms with Gasteiger partial charge >= 0.3 is 0 Å². The van der Waals surface area contributed by atoms with Gasteiger partial charge in [-0.15, -0.1) is 0 Å². The smallest absolute Gasteiger partial charge is 0.244 e. The van der Waals surface area contributed by atoms with Gasteiger partial charge in [0.25, 0.3) is 0 Å². The van der Waals surface area contributed by atoms with E-state index in [9.17, 15) is 13.5 Å². The molecule has 1 heterocycles. The largest absolute Gasteiger partial charge is 0.393 e. The van der Waals surface area contributed by atoms with Gasteiger partial charge in [0, 0.05) is 22.0 Å². The van der Waals surface area contributed by atoms with Gasteiger partial charge in [0.1, 0.15) is 0 Å². The summed E-state index contributed by atoms with van der Waals surface area (Å²) in [6.45, 7) is 2.57. The molecule has 0 aliphatic carbocycles. The minimum absolute atomic E-state index is 0.0468. The molecule has 1 aromatic carbocycles. The number of piperidine rings is 1. The summed E-state index contributed by atoms with van der Waals surface area (Å²) >= 11 is 6.57. The van der Waals surface area contributed by atoms with Crippen LogP contribution in [0.25, 0.3) is 0 Å². The normalized spacial score (nSPS) is 25.5. The second kappa shape index (κ2) is 5.81. The lowest BCUT2D eigenvalue weighted by Crippen LogP contribution is -2.44. The fourth-order valence-corrected chi connectivity index (χ4v) is 5.15. The van der Waals surface area contributed by atoms with Crippen LogP contribution in [0.2, 0.25) is 0 Å². The lowest BCUT2D eigenvalue weighted by molar-refractivity contribution is 0.0628. The van der Waals surface area contributed by atoms with Gasteiger partial charge in [-0.25, -0.2) is 8.42 Å². The lowest BCUT2D eigenvalue weighted by atomic mass is 9.99. The first-order valence-electron chi connectivity index (χ1n) is 5.95. The van der Waals surface area contributed by atoms with Gasteiger partial charge in [-0.1, -0.05) is 22.9 Å². The monoisotopic (exact) mass is 411 g/mol. The molecule has 1 saturated heterocycles. The van der Waals surface area contributed by atoms with E-state index in [1.54, 1.807) is 18.2 Å². The SMILES string of the molecule is CC1CN(S(=O)(=O)c2cc(Br)ccc2Br)CCC1O. The third-order valence-corrected chi connectivity index (χ3v) is 6.69. The van der Waals surface area contributed by atoms with Gasteiger partial charge in [0.2, 0.25) is 10.0 Å². The van der Waals surface area contributed by atoms with Gasteiger partial charge < -0.3 is 5.11 Å². The first-order chi connectivity index (χ1) is 8.82. The van der Waals surface area contributed by atoms with Crippen molar-refractivity contribution in [1.29, 1.82) is 0 Å². The molecule has 2 atom stereocenters. The maximum Gasteiger partial charge on any atom is 0.244 e. The maximum atomic E-state index is 12.6. The summed E-state index contributed by atoms with van der Waals surface area (Å²) in [5.41, 5.74) is 0. The van der Waals surface area contributed by atoms with Crippen molar-refractivity contribution in [3.8, 4) is 0 Å². The number of sulfonamides is 1. The van der Waals surface area contributed by atoms with Crippen LogP contribution in [-0.2, 0) is 10.0 Å². The Balaban J connectivity index is 2.35. The Morgan fingerprint density at radius 2 is 2.05 bits per heavy atom. The number of aliphatic hydroxyl groups excluding tert-OH is 1. The number of aliphatic hydroxyl groups is 1. The third kappa shape index (κ3) is 3.21. The molecule has 1 N–H and O–H groups in total. The van der Waals surface area contributed by atoms with Crippen molar-refractivity contribution in [2.45, 2.75) is 24.3 Å². The van der Waals surface area contributed by atoms with Crippen LogP contribution in [0.3, 0.4) is 0 Å². The standard InChI is InChI=1S/C12H15Br2NO3S/c1-8-7-15(5-4-11(8)16)19(17,18)12-6-9(13)2-3-10(12)14/h2-3,6,8,11,16H,4-5,7H2,1H3. The third-order valence-electron chi connectivity index (χ3n) is 3.33. The maximum absolute atomic E-state index is 12.6. The van der Waals surface area contributed by atoms with E-state index in [-0.39, 0.29) is 10.8 Å². The van der Waals surface area contributed by atoms with Crippen molar-refractivity contribution >= 4 is 41.9 Å². The molecular formula is C12H15Br2NO3S. The summed E-state index contributed by atoms with van der Waals surface area (Å²) in [5.74, 6) is -0.0468. The van der Waals surface area contributed by atoms with E-state index in [2.05, 4.69) is 31.9 Å². The fourth-order valence-electron chi connectivity index (χ4n) is 2.13. The lowest BCUT2D eigenvalue weighted by Gasteiger charge is -2.33. The topological polar surface area (TPSA) is 57.6 Å². The van der Waals surface area contributed by atoms with Crippen molar-refractivity contribution in [3.63, 3.8) is 0 Å². The molecular weight excluding hydrogens is 398 g/mol. The molecule has 19 heavy (non-hydrogen) atoms. The van der Waals surface area contributed by atoms with E-state index in [0.717, 1.165) is 4.47 Å². The van der Waals surface area contributed by atoms with Crippen LogP contribution in [0, 0.1) is 5.92 Å². The molecule has 2 unspecified atom stereocenters. The van der Waals surface area contributed by atoms with Crippen LogP contribution < -0.4 is 0 Å². The molecule has 1 aliphatic rings. The minimum atomic E-state index is -3.53. The zero-order valence-electron chi connectivity index (χ0n) is 10.4. The summed E-state index contributed by atoms with van der Waals surface area (Å²) in [4.78, 5) is 0.255. The Bertz CT molecular complexity index is 576. The number of rotatable bonds is 2. The molecule has 0 saturated carbocycles. The molecule has 1 fully saturated rings. The van der Waals surface area contributed by atoms with Gasteiger partial charge in [0.15, 0.2) is 0 Å². The highest BCUT2D eigenvalue weighted by molar-refractivity contribution is 9.11. The van der Waals surface area contributed by atoms with Crippen LogP contribution in [0.15, 0.2) is 32.0 Å². The van der Waals surface area contributed by atoms with E-state index in [0.29, 0.717) is 24.0 Å². The predicted octanol–water partition coefficient (Wildman–Crippen LogP) is 2.60. The number of halogens is 2. The number of benzene rings is 1. The van der Waals surface area contributed by atoms with Crippen LogP contribution in [0.1, 0.15) is 13.3 Å². The molecule has 106 valence electrons. The average Bonchev–Trinajstić information content (AvgIpc) is 2.35. The van der Waals surface area contributed by atoms with Crippen LogP contribution in [0.5, 0.6) is 0 Å². The molecule has 0 bridgehead atoms. The molecule has 0 radical (unpaired) electrons. The van der Waals surface area contributed by atoms with Gasteiger partial charge in [-0.05, 0) is 46.5 Å². The summed E-state index contributed by atoms with van der Waals surface area (Å²) in [6.07, 6.45) is 0.0591. The Labute approximate surface area is 130 Å². The average molecular weight is 413 g/mol. The first-order valence-corrected chi connectivity index (χ1v) is 8.98. The highest BCUT2D eigenvalue weighted by Gasteiger charge is 2.33. The Kier molecular flexibility index (Phi) is 4.72. The van der Waals surface area contributed by atoms with Crippen LogP contribution in [-0.4, -0.2) is 37.0 Å². The molecule has 7 heteroatoms. The van der Waals surface area contributed by atoms with E-state index in [1.165, 1.54) is 4.31 Å². The fraction of sp³-hybridized carbons (Fsp3) is 0.500. The quantitative estimate of drug-likeness (QED) is 0.812. The van der Waals surface area contributed by atoms with Crippen molar-refractivity contribution in [2.24, 2.45) is 5.92 Å². The van der Waals surface area contributed by atoms with Crippen molar-refractivity contribution < 1.29 is 13.5 Å². The van der Waals surface area contributed by atoms with Crippen LogP contribution >= 0.6 is 31.9 Å². The summed E-state index contributed by atoms with van der Waals surface area (Å²) < 4.78 is 27.9. The van der Waals surface area contributed by atoms with Crippen LogP contribution in [0.4, 0.5) is 0 Å². The number of hydrogen-bond donors (Lipinski definition) is 1. The van der Waals surface area contributed by atoms with E-state index < -0.39 is 16.1 Å². The van der Waals surface area contributed by atoms with E-state index >= 15 is 0 Å². The Morgan fingerprint density at radius 1 is 1.37 bits per heavy atom. The zero-order valence-corrected chi connectivity index (χ0v) is 14.4. The van der Waals surface area contributed by atoms with E-state index in [4.69, 9.17) is 0 Å². The molecule has 2 rings (SSSR count). The van der Waals surface area contributed by atoms with Gasteiger partial charge in [-0.2, -0.15) is 4.31 Å². The molecule has 0 spiro atoms. The van der Waals surface area contributed by atoms with Gasteiger partial charge in [0.05, 0.1) is 11.0 Å². The zero-order chi connectivity index (χ0) is 14.2. The van der Waals surface area contributed by atoms with Gasteiger partial charge in [-0.3, -0.25) is 0 Å². The second-order valence-electron chi connectivity index (χ2n) is 4.77. The number of nitrogens with zero attached hydrogens (tertiary/aromatic N) is 1. The molecule has 1 aromatic rings. The predicted molar refractivity (Wildman–Crippen MR) is 80.4 cm³/mol. The highest BCUT2D eigenvalue weighted by Crippen LogP contribution is 2.30. The first kappa shape index (κ1) is 15.4. The Morgan fingerprint density at radius 3 is 2.68 bits per heavy atom. The summed E-state index contributed by atoms with van der Waals surface area (Å²) in [5, 5.41) is 9.69. The van der Waals surface area contributed by atoms with Crippen molar-refractivity contribution in [3.05, 3.63) is 27.1 Å². The molecule has 0 amide bonds. The molecule has 0 aromatic heterocycles. The van der Waals surface area contributed by atoms with Crippen molar-refractivity contribution in [2.75, 3.05) is 13.1 Å². The summed E-state index contributed by atoms with van der Waals surface area (Å²) in [7, 11) is -3.53.